The van der Waals surface area contributed by atoms with Crippen molar-refractivity contribution in [3.8, 4) is 16.9 Å². The van der Waals surface area contributed by atoms with Crippen molar-refractivity contribution >= 4 is 11.6 Å². The van der Waals surface area contributed by atoms with Crippen LogP contribution in [0, 0.1) is 0 Å². The van der Waals surface area contributed by atoms with Crippen molar-refractivity contribution in [2.24, 2.45) is 0 Å². The van der Waals surface area contributed by atoms with Crippen LogP contribution in [0.5, 0.6) is 5.75 Å². The second-order valence-electron chi connectivity index (χ2n) is 5.32. The molecular formula is C18H18N4O2. The molecular weight excluding hydrogens is 304 g/mol. The van der Waals surface area contributed by atoms with Crippen molar-refractivity contribution in [2.75, 3.05) is 12.8 Å². The van der Waals surface area contributed by atoms with Crippen molar-refractivity contribution in [2.45, 2.75) is 6.54 Å². The van der Waals surface area contributed by atoms with Crippen molar-refractivity contribution in [3.63, 3.8) is 0 Å². The first-order chi connectivity index (χ1) is 11.7. The third kappa shape index (κ3) is 3.38. The highest BCUT2D eigenvalue weighted by Gasteiger charge is 2.11. The molecule has 0 aliphatic carbocycles. The Morgan fingerprint density at radius 3 is 2.83 bits per heavy atom. The third-order valence-electron chi connectivity index (χ3n) is 3.71. The molecule has 6 nitrogen and oxygen atoms in total. The van der Waals surface area contributed by atoms with E-state index < -0.39 is 0 Å². The number of aromatic nitrogens is 2. The molecule has 0 aliphatic rings. The summed E-state index contributed by atoms with van der Waals surface area (Å²) in [5.41, 5.74) is 9.69. The quantitative estimate of drug-likeness (QED) is 0.629. The van der Waals surface area contributed by atoms with Gasteiger partial charge in [0.2, 0.25) is 0 Å². The van der Waals surface area contributed by atoms with Gasteiger partial charge in [-0.3, -0.25) is 9.89 Å². The number of hydrogen-bond acceptors (Lipinski definition) is 4. The van der Waals surface area contributed by atoms with Crippen LogP contribution < -0.4 is 15.8 Å². The van der Waals surface area contributed by atoms with Crippen molar-refractivity contribution in [1.29, 1.82) is 0 Å². The molecule has 3 aromatic rings. The maximum Gasteiger partial charge on any atom is 0.253 e. The summed E-state index contributed by atoms with van der Waals surface area (Å²) in [4.78, 5) is 12.4. The Morgan fingerprint density at radius 1 is 1.25 bits per heavy atom. The summed E-state index contributed by atoms with van der Waals surface area (Å²) in [6.45, 7) is 0.402. The molecule has 0 atom stereocenters. The second kappa shape index (κ2) is 6.87. The third-order valence-corrected chi connectivity index (χ3v) is 3.71. The van der Waals surface area contributed by atoms with Gasteiger partial charge in [0.25, 0.3) is 5.91 Å². The van der Waals surface area contributed by atoms with Crippen molar-refractivity contribution < 1.29 is 9.53 Å². The highest BCUT2D eigenvalue weighted by Crippen LogP contribution is 2.23. The molecule has 1 aromatic heterocycles. The van der Waals surface area contributed by atoms with Gasteiger partial charge < -0.3 is 15.8 Å². The number of carbonyl (C=O) groups excluding carboxylic acids is 1. The molecule has 122 valence electrons. The number of benzene rings is 2. The normalized spacial score (nSPS) is 10.4. The van der Waals surface area contributed by atoms with Gasteiger partial charge in [-0.05, 0) is 35.4 Å². The van der Waals surface area contributed by atoms with Crippen LogP contribution in [0.1, 0.15) is 15.9 Å². The number of hydrogen-bond donors (Lipinski definition) is 3. The monoisotopic (exact) mass is 322 g/mol. The minimum Gasteiger partial charge on any atom is -0.497 e. The van der Waals surface area contributed by atoms with Gasteiger partial charge in [0.05, 0.1) is 18.9 Å². The molecule has 24 heavy (non-hydrogen) atoms. The number of nitrogens with zero attached hydrogens (tertiary/aromatic N) is 1. The van der Waals surface area contributed by atoms with E-state index in [9.17, 15) is 4.79 Å². The summed E-state index contributed by atoms with van der Waals surface area (Å²) in [6, 6.07) is 12.9. The number of nitrogens with two attached hydrogens (primary N) is 1. The number of H-pyrrole nitrogens is 1. The number of nitrogens with one attached hydrogen (secondary N) is 2. The van der Waals surface area contributed by atoms with E-state index >= 15 is 0 Å². The summed E-state index contributed by atoms with van der Waals surface area (Å²) < 4.78 is 5.17. The maximum atomic E-state index is 12.4. The van der Waals surface area contributed by atoms with Gasteiger partial charge in [-0.2, -0.15) is 5.10 Å². The zero-order valence-corrected chi connectivity index (χ0v) is 13.2. The Balaban J connectivity index is 1.70. The summed E-state index contributed by atoms with van der Waals surface area (Å²) >= 11 is 0. The van der Waals surface area contributed by atoms with Gasteiger partial charge in [0.1, 0.15) is 5.75 Å². The molecule has 3 rings (SSSR count). The summed E-state index contributed by atoms with van der Waals surface area (Å²) in [7, 11) is 1.61. The van der Waals surface area contributed by atoms with Gasteiger partial charge in [-0.15, -0.1) is 0 Å². The predicted octanol–water partition coefficient (Wildman–Crippen LogP) is 2.60. The van der Waals surface area contributed by atoms with Gasteiger partial charge in [-0.1, -0.05) is 18.2 Å². The van der Waals surface area contributed by atoms with E-state index in [-0.39, 0.29) is 5.91 Å². The molecule has 2 aromatic carbocycles. The van der Waals surface area contributed by atoms with E-state index in [1.165, 1.54) is 0 Å². The lowest BCUT2D eigenvalue weighted by Crippen LogP contribution is -2.23. The topological polar surface area (TPSA) is 93.0 Å². The number of rotatable bonds is 5. The molecule has 0 saturated heterocycles. The van der Waals surface area contributed by atoms with Crippen molar-refractivity contribution in [3.05, 3.63) is 66.0 Å². The van der Waals surface area contributed by atoms with Crippen LogP contribution >= 0.6 is 0 Å². The fourth-order valence-electron chi connectivity index (χ4n) is 2.42. The highest BCUT2D eigenvalue weighted by molar-refractivity contribution is 5.99. The SMILES string of the molecule is COc1cccc(CNC(=O)c2ccc(-c3cn[nH]c3)cc2N)c1. The molecule has 1 amide bonds. The van der Waals surface area contributed by atoms with Crippen LogP contribution in [0.2, 0.25) is 0 Å². The highest BCUT2D eigenvalue weighted by atomic mass is 16.5. The number of ether oxygens (including phenoxy) is 1. The largest absolute Gasteiger partial charge is 0.497 e. The molecule has 6 heteroatoms. The number of anilines is 1. The van der Waals surface area contributed by atoms with Gasteiger partial charge in [-0.25, -0.2) is 0 Å². The molecule has 0 aliphatic heterocycles. The molecule has 0 unspecified atom stereocenters. The lowest BCUT2D eigenvalue weighted by Gasteiger charge is -2.10. The second-order valence-corrected chi connectivity index (χ2v) is 5.32. The molecule has 0 radical (unpaired) electrons. The smallest absolute Gasteiger partial charge is 0.253 e. The zero-order valence-electron chi connectivity index (χ0n) is 13.2. The number of methoxy groups -OCH3 is 1. The predicted molar refractivity (Wildman–Crippen MR) is 92.6 cm³/mol. The lowest BCUT2D eigenvalue weighted by atomic mass is 10.0. The number of amides is 1. The fraction of sp³-hybridized carbons (Fsp3) is 0.111. The van der Waals surface area contributed by atoms with E-state index in [0.29, 0.717) is 17.8 Å². The summed E-state index contributed by atoms with van der Waals surface area (Å²) in [5.74, 6) is 0.541. The van der Waals surface area contributed by atoms with E-state index in [1.807, 2.05) is 30.3 Å². The van der Waals surface area contributed by atoms with E-state index in [1.54, 1.807) is 31.6 Å². The minimum absolute atomic E-state index is 0.214. The van der Waals surface area contributed by atoms with Crippen LogP contribution in [-0.2, 0) is 6.54 Å². The fourth-order valence-corrected chi connectivity index (χ4v) is 2.42. The molecule has 1 heterocycles. The van der Waals surface area contributed by atoms with Crippen molar-refractivity contribution in [1.82, 2.24) is 15.5 Å². The van der Waals surface area contributed by atoms with Gasteiger partial charge in [0.15, 0.2) is 0 Å². The average molecular weight is 322 g/mol. The first-order valence-electron chi connectivity index (χ1n) is 7.47. The van der Waals surface area contributed by atoms with Crippen LogP contribution in [-0.4, -0.2) is 23.2 Å². The molecule has 0 bridgehead atoms. The van der Waals surface area contributed by atoms with Crippen LogP contribution in [0.3, 0.4) is 0 Å². The maximum absolute atomic E-state index is 12.4. The lowest BCUT2D eigenvalue weighted by molar-refractivity contribution is 0.0952. The zero-order chi connectivity index (χ0) is 16.9. The van der Waals surface area contributed by atoms with Gasteiger partial charge in [0, 0.05) is 24.0 Å². The Hall–Kier alpha value is -3.28. The van der Waals surface area contributed by atoms with Gasteiger partial charge >= 0.3 is 0 Å². The number of aromatic amines is 1. The summed E-state index contributed by atoms with van der Waals surface area (Å²) in [5, 5.41) is 9.53. The van der Waals surface area contributed by atoms with E-state index in [4.69, 9.17) is 10.5 Å². The number of carbonyl (C=O) groups is 1. The van der Waals surface area contributed by atoms with Crippen LogP contribution in [0.15, 0.2) is 54.9 Å². The standard InChI is InChI=1S/C18H18N4O2/c1-24-15-4-2-3-12(7-15)9-20-18(23)16-6-5-13(8-17(16)19)14-10-21-22-11-14/h2-8,10-11H,9,19H2,1H3,(H,20,23)(H,21,22). The first-order valence-corrected chi connectivity index (χ1v) is 7.47. The minimum atomic E-state index is -0.214. The van der Waals surface area contributed by atoms with E-state index in [2.05, 4.69) is 15.5 Å². The van der Waals surface area contributed by atoms with E-state index in [0.717, 1.165) is 22.4 Å². The molecule has 0 spiro atoms. The summed E-state index contributed by atoms with van der Waals surface area (Å²) in [6.07, 6.45) is 3.48. The molecule has 0 saturated carbocycles. The Morgan fingerprint density at radius 2 is 2.12 bits per heavy atom. The van der Waals surface area contributed by atoms with Crippen LogP contribution in [0.25, 0.3) is 11.1 Å². The number of nitrogen functional groups attached to an aromatic ring is 1. The first kappa shape index (κ1) is 15.6. The Labute approximate surface area is 139 Å². The Kier molecular flexibility index (Phi) is 4.47. The van der Waals surface area contributed by atoms with Crippen LogP contribution in [0.4, 0.5) is 5.69 Å². The Bertz CT molecular complexity index is 844. The molecule has 4 N–H and O–H groups in total. The molecule has 0 fully saturated rings. The average Bonchev–Trinajstić information content (AvgIpc) is 3.14.